The average molecular weight is 590 g/mol. The van der Waals surface area contributed by atoms with E-state index in [0.29, 0.717) is 5.56 Å². The highest BCUT2D eigenvalue weighted by atomic mass is 16.6. The highest BCUT2D eigenvalue weighted by Crippen LogP contribution is 2.26. The zero-order chi connectivity index (χ0) is 31.2. The molecular weight excluding hydrogens is 550 g/mol. The lowest BCUT2D eigenvalue weighted by molar-refractivity contribution is -0.198. The Labute approximate surface area is 244 Å². The van der Waals surface area contributed by atoms with Crippen molar-refractivity contribution in [1.29, 1.82) is 0 Å². The SMILES string of the molecule is C/C=C(\OC(=O)Cc1c[nH]c2ccccc12)[C@H](OC(=O)CC)[C@@H](OC(=O)CC)[C@H](OC(=O)CC)[C@H](O)COC(=O)CC. The molecule has 0 aliphatic rings. The van der Waals surface area contributed by atoms with E-state index in [9.17, 15) is 29.1 Å². The number of allylic oxidation sites excluding steroid dienone is 1. The summed E-state index contributed by atoms with van der Waals surface area (Å²) in [6.45, 7) is 6.99. The van der Waals surface area contributed by atoms with Gasteiger partial charge in [0.05, 0.1) is 6.42 Å². The van der Waals surface area contributed by atoms with Gasteiger partial charge in [-0.1, -0.05) is 45.9 Å². The molecule has 12 heteroatoms. The normalized spacial score (nSPS) is 14.3. The van der Waals surface area contributed by atoms with Gasteiger partial charge in [0.15, 0.2) is 18.3 Å². The predicted octanol–water partition coefficient (Wildman–Crippen LogP) is 3.44. The molecule has 0 bridgehead atoms. The van der Waals surface area contributed by atoms with Gasteiger partial charge in [-0.2, -0.15) is 0 Å². The Morgan fingerprint density at radius 2 is 1.38 bits per heavy atom. The Morgan fingerprint density at radius 1 is 0.810 bits per heavy atom. The van der Waals surface area contributed by atoms with Crippen LogP contribution in [0.1, 0.15) is 65.9 Å². The van der Waals surface area contributed by atoms with E-state index in [0.717, 1.165) is 10.9 Å². The fourth-order valence-corrected chi connectivity index (χ4v) is 3.91. The Kier molecular flexibility index (Phi) is 13.7. The number of hydrogen-bond acceptors (Lipinski definition) is 11. The molecule has 0 saturated heterocycles. The molecule has 1 aromatic heterocycles. The Morgan fingerprint density at radius 3 is 1.98 bits per heavy atom. The molecule has 2 rings (SSSR count). The number of carbonyl (C=O) groups excluding carboxylic acids is 5. The molecule has 0 amide bonds. The summed E-state index contributed by atoms with van der Waals surface area (Å²) in [4.78, 5) is 65.4. The maximum absolute atomic E-state index is 13.1. The minimum atomic E-state index is -1.70. The molecule has 0 unspecified atom stereocenters. The number of hydrogen-bond donors (Lipinski definition) is 2. The monoisotopic (exact) mass is 589 g/mol. The van der Waals surface area contributed by atoms with Gasteiger partial charge in [0.25, 0.3) is 0 Å². The molecule has 1 aromatic carbocycles. The lowest BCUT2D eigenvalue weighted by Gasteiger charge is -2.35. The Bertz CT molecular complexity index is 1260. The van der Waals surface area contributed by atoms with Crippen LogP contribution in [0.2, 0.25) is 0 Å². The van der Waals surface area contributed by atoms with Crippen LogP contribution in [0, 0.1) is 0 Å². The van der Waals surface area contributed by atoms with Gasteiger partial charge in [0, 0.05) is 42.8 Å². The summed E-state index contributed by atoms with van der Waals surface area (Å²) < 4.78 is 27.3. The summed E-state index contributed by atoms with van der Waals surface area (Å²) in [5.74, 6) is -3.88. The van der Waals surface area contributed by atoms with Crippen LogP contribution in [0.25, 0.3) is 10.9 Å². The molecule has 0 fully saturated rings. The fraction of sp³-hybridized carbons (Fsp3) is 0.500. The van der Waals surface area contributed by atoms with Crippen molar-refractivity contribution in [2.24, 2.45) is 0 Å². The molecule has 230 valence electrons. The van der Waals surface area contributed by atoms with Crippen molar-refractivity contribution in [3.63, 3.8) is 0 Å². The highest BCUT2D eigenvalue weighted by molar-refractivity contribution is 5.87. The van der Waals surface area contributed by atoms with Crippen LogP contribution in [0.15, 0.2) is 42.3 Å². The molecule has 2 aromatic rings. The number of benzene rings is 1. The Balaban J connectivity index is 2.49. The third-order valence-corrected chi connectivity index (χ3v) is 6.17. The molecule has 0 aliphatic heterocycles. The van der Waals surface area contributed by atoms with Gasteiger partial charge in [-0.25, -0.2) is 0 Å². The van der Waals surface area contributed by atoms with Crippen molar-refractivity contribution in [1.82, 2.24) is 4.98 Å². The summed E-state index contributed by atoms with van der Waals surface area (Å²) >= 11 is 0. The van der Waals surface area contributed by atoms with E-state index in [1.165, 1.54) is 33.8 Å². The largest absolute Gasteiger partial charge is 0.463 e. The maximum atomic E-state index is 13.1. The Hall–Kier alpha value is -4.19. The quantitative estimate of drug-likeness (QED) is 0.167. The first-order valence-electron chi connectivity index (χ1n) is 13.9. The van der Waals surface area contributed by atoms with E-state index in [1.807, 2.05) is 24.3 Å². The number of fused-ring (bicyclic) bond motifs is 1. The van der Waals surface area contributed by atoms with Crippen molar-refractivity contribution < 1.29 is 52.8 Å². The minimum absolute atomic E-state index is 0.0201. The van der Waals surface area contributed by atoms with Crippen LogP contribution in [-0.4, -0.2) is 71.0 Å². The molecule has 4 atom stereocenters. The van der Waals surface area contributed by atoms with E-state index >= 15 is 0 Å². The molecule has 0 saturated carbocycles. The predicted molar refractivity (Wildman–Crippen MR) is 150 cm³/mol. The summed E-state index contributed by atoms with van der Waals surface area (Å²) in [7, 11) is 0. The summed E-state index contributed by atoms with van der Waals surface area (Å²) in [6, 6.07) is 7.38. The number of ether oxygens (including phenoxy) is 5. The van der Waals surface area contributed by atoms with Crippen LogP contribution in [0.4, 0.5) is 0 Å². The third kappa shape index (κ3) is 9.72. The zero-order valence-electron chi connectivity index (χ0n) is 24.5. The number of esters is 5. The first-order valence-corrected chi connectivity index (χ1v) is 13.9. The second kappa shape index (κ2) is 16.9. The van der Waals surface area contributed by atoms with Crippen LogP contribution in [0.5, 0.6) is 0 Å². The summed E-state index contributed by atoms with van der Waals surface area (Å²) in [5.41, 5.74) is 1.48. The number of aliphatic hydroxyl groups excluding tert-OH is 1. The second-order valence-corrected chi connectivity index (χ2v) is 9.19. The van der Waals surface area contributed by atoms with E-state index in [4.69, 9.17) is 23.7 Å². The lowest BCUT2D eigenvalue weighted by Crippen LogP contribution is -2.53. The summed E-state index contributed by atoms with van der Waals surface area (Å²) in [6.07, 6.45) is -4.10. The van der Waals surface area contributed by atoms with Crippen molar-refractivity contribution in [2.75, 3.05) is 6.61 Å². The maximum Gasteiger partial charge on any atom is 0.315 e. The first kappa shape index (κ1) is 34.0. The van der Waals surface area contributed by atoms with Gasteiger partial charge in [-0.05, 0) is 24.6 Å². The van der Waals surface area contributed by atoms with Crippen molar-refractivity contribution in [2.45, 2.75) is 91.1 Å². The first-order chi connectivity index (χ1) is 20.1. The molecule has 0 radical (unpaired) electrons. The lowest BCUT2D eigenvalue weighted by atomic mass is 10.00. The number of aromatic amines is 1. The van der Waals surface area contributed by atoms with E-state index < -0.39 is 60.9 Å². The standard InChI is InChI=1S/C30H39NO11/c1-6-22(39-27(37)15-18-16-31-20-14-12-11-13-19(18)20)29(41-25(35)9-4)30(42-26(36)10-5)28(40-24(34)8-3)21(32)17-38-23(33)7-2/h6,11-14,16,21,28-32H,7-10,15,17H2,1-5H3/b22-6-/t21-,28-,29+,30+/m1/s1. The highest BCUT2D eigenvalue weighted by Gasteiger charge is 2.45. The molecule has 2 N–H and O–H groups in total. The van der Waals surface area contributed by atoms with Crippen molar-refractivity contribution in [3.8, 4) is 0 Å². The molecule has 42 heavy (non-hydrogen) atoms. The molecule has 0 aliphatic carbocycles. The van der Waals surface area contributed by atoms with Gasteiger partial charge in [-0.3, -0.25) is 24.0 Å². The number of nitrogens with one attached hydrogen (secondary N) is 1. The molecular formula is C30H39NO11. The van der Waals surface area contributed by atoms with Crippen LogP contribution >= 0.6 is 0 Å². The topological polar surface area (TPSA) is 168 Å². The smallest absolute Gasteiger partial charge is 0.315 e. The average Bonchev–Trinajstić information content (AvgIpc) is 3.40. The van der Waals surface area contributed by atoms with E-state index in [-0.39, 0.29) is 37.9 Å². The van der Waals surface area contributed by atoms with Crippen LogP contribution < -0.4 is 0 Å². The van der Waals surface area contributed by atoms with Crippen molar-refractivity contribution >= 4 is 40.7 Å². The van der Waals surface area contributed by atoms with Crippen molar-refractivity contribution in [3.05, 3.63) is 47.9 Å². The van der Waals surface area contributed by atoms with E-state index in [1.54, 1.807) is 13.1 Å². The van der Waals surface area contributed by atoms with Gasteiger partial charge < -0.3 is 33.8 Å². The van der Waals surface area contributed by atoms with Crippen LogP contribution in [-0.2, 0) is 54.1 Å². The molecule has 12 nitrogen and oxygen atoms in total. The number of aliphatic hydroxyl groups is 1. The number of para-hydroxylation sites is 1. The molecule has 0 spiro atoms. The zero-order valence-corrected chi connectivity index (χ0v) is 24.5. The van der Waals surface area contributed by atoms with Crippen LogP contribution in [0.3, 0.4) is 0 Å². The second-order valence-electron chi connectivity index (χ2n) is 9.19. The van der Waals surface area contributed by atoms with Gasteiger partial charge in [0.2, 0.25) is 0 Å². The van der Waals surface area contributed by atoms with Gasteiger partial charge in [-0.15, -0.1) is 0 Å². The van der Waals surface area contributed by atoms with Gasteiger partial charge in [0.1, 0.15) is 18.5 Å². The number of H-pyrrole nitrogens is 1. The summed E-state index contributed by atoms with van der Waals surface area (Å²) in [5, 5.41) is 11.8. The minimum Gasteiger partial charge on any atom is -0.463 e. The molecule has 1 heterocycles. The number of rotatable bonds is 16. The number of aromatic nitrogens is 1. The van der Waals surface area contributed by atoms with Gasteiger partial charge >= 0.3 is 29.8 Å². The van der Waals surface area contributed by atoms with E-state index in [2.05, 4.69) is 4.98 Å². The fourth-order valence-electron chi connectivity index (χ4n) is 3.91. The number of carbonyl (C=O) groups is 5. The third-order valence-electron chi connectivity index (χ3n) is 6.17.